The first-order valence-corrected chi connectivity index (χ1v) is 10.4. The highest BCUT2D eigenvalue weighted by Crippen LogP contribution is 2.39. The number of rotatable bonds is 9. The lowest BCUT2D eigenvalue weighted by Crippen LogP contribution is -2.11. The summed E-state index contributed by atoms with van der Waals surface area (Å²) in [5.74, 6) is -0.0857. The lowest BCUT2D eigenvalue weighted by atomic mass is 9.83. The molecule has 0 heterocycles. The molecule has 0 fully saturated rings. The Bertz CT molecular complexity index is 782. The summed E-state index contributed by atoms with van der Waals surface area (Å²) in [7, 11) is 0. The lowest BCUT2D eigenvalue weighted by Gasteiger charge is -2.23. The van der Waals surface area contributed by atoms with Crippen LogP contribution in [0.3, 0.4) is 0 Å². The molecule has 3 rings (SSSR count). The molecule has 2 aromatic rings. The van der Waals surface area contributed by atoms with Crippen LogP contribution in [0.25, 0.3) is 11.1 Å². The van der Waals surface area contributed by atoms with Crippen LogP contribution in [-0.2, 0) is 19.3 Å². The third-order valence-corrected chi connectivity index (χ3v) is 5.55. The van der Waals surface area contributed by atoms with E-state index in [0.29, 0.717) is 30.8 Å². The van der Waals surface area contributed by atoms with Crippen molar-refractivity contribution < 1.29 is 13.5 Å². The van der Waals surface area contributed by atoms with Crippen molar-refractivity contribution in [1.82, 2.24) is 0 Å². The molecular weight excluding hydrogens is 342 g/mol. The predicted molar refractivity (Wildman–Crippen MR) is 107 cm³/mol. The number of hydrogen-bond acceptors (Lipinski definition) is 1. The summed E-state index contributed by atoms with van der Waals surface area (Å²) in [6.45, 7) is 4.49. The second-order valence-corrected chi connectivity index (χ2v) is 7.42. The zero-order valence-electron chi connectivity index (χ0n) is 16.5. The Morgan fingerprint density at radius 1 is 0.778 bits per heavy atom. The summed E-state index contributed by atoms with van der Waals surface area (Å²) < 4.78 is 35.1. The number of halogens is 2. The van der Waals surface area contributed by atoms with E-state index in [2.05, 4.69) is 6.92 Å². The maximum atomic E-state index is 15.1. The standard InChI is InChI=1S/C24H30F2O/c1-3-5-6-7-8-9-10-17-11-12-18-19-15-16-22(27-4-2)24(26)21(19)14-13-20(18)23(17)25/h11-12,15-16H,3-10,13-14H2,1-2H3. The molecule has 1 nitrogen and oxygen atoms in total. The smallest absolute Gasteiger partial charge is 0.168 e. The van der Waals surface area contributed by atoms with Crippen LogP contribution >= 0.6 is 0 Å². The molecule has 146 valence electrons. The fourth-order valence-electron chi connectivity index (χ4n) is 4.07. The van der Waals surface area contributed by atoms with Crippen LogP contribution in [0, 0.1) is 11.6 Å². The molecule has 0 bridgehead atoms. The molecule has 0 unspecified atom stereocenters. The Hall–Kier alpha value is -1.90. The fraction of sp³-hybridized carbons (Fsp3) is 0.500. The van der Waals surface area contributed by atoms with Crippen molar-refractivity contribution in [3.63, 3.8) is 0 Å². The van der Waals surface area contributed by atoms with E-state index in [4.69, 9.17) is 4.74 Å². The van der Waals surface area contributed by atoms with Crippen molar-refractivity contribution in [2.24, 2.45) is 0 Å². The molecule has 0 amide bonds. The van der Waals surface area contributed by atoms with Crippen LogP contribution in [0.1, 0.15) is 69.1 Å². The number of fused-ring (bicyclic) bond motifs is 3. The van der Waals surface area contributed by atoms with Crippen molar-refractivity contribution >= 4 is 0 Å². The van der Waals surface area contributed by atoms with Crippen molar-refractivity contribution in [1.29, 1.82) is 0 Å². The van der Waals surface area contributed by atoms with Gasteiger partial charge in [-0.05, 0) is 66.5 Å². The summed E-state index contributed by atoms with van der Waals surface area (Å²) in [6.07, 6.45) is 9.08. The predicted octanol–water partition coefficient (Wildman–Crippen LogP) is 7.03. The fourth-order valence-corrected chi connectivity index (χ4v) is 4.07. The molecule has 0 N–H and O–H groups in total. The summed E-state index contributed by atoms with van der Waals surface area (Å²) in [6, 6.07) is 7.40. The van der Waals surface area contributed by atoms with Gasteiger partial charge >= 0.3 is 0 Å². The number of benzene rings is 2. The van der Waals surface area contributed by atoms with Crippen LogP contribution < -0.4 is 4.74 Å². The maximum absolute atomic E-state index is 15.1. The van der Waals surface area contributed by atoms with Gasteiger partial charge in [-0.25, -0.2) is 8.78 Å². The highest BCUT2D eigenvalue weighted by Gasteiger charge is 2.24. The minimum Gasteiger partial charge on any atom is -0.491 e. The Balaban J connectivity index is 1.76. The van der Waals surface area contributed by atoms with Gasteiger partial charge in [-0.2, -0.15) is 0 Å². The third-order valence-electron chi connectivity index (χ3n) is 5.55. The molecule has 0 aromatic heterocycles. The van der Waals surface area contributed by atoms with Gasteiger partial charge in [0.15, 0.2) is 11.6 Å². The Kier molecular flexibility index (Phi) is 6.87. The molecule has 1 aliphatic rings. The topological polar surface area (TPSA) is 9.23 Å². The highest BCUT2D eigenvalue weighted by molar-refractivity contribution is 5.74. The van der Waals surface area contributed by atoms with Gasteiger partial charge in [0.2, 0.25) is 0 Å². The third kappa shape index (κ3) is 4.34. The Labute approximate surface area is 161 Å². The van der Waals surface area contributed by atoms with E-state index >= 15 is 4.39 Å². The van der Waals surface area contributed by atoms with Crippen LogP contribution in [0.15, 0.2) is 24.3 Å². The molecule has 0 atom stereocenters. The van der Waals surface area contributed by atoms with Crippen LogP contribution in [0.2, 0.25) is 0 Å². The first kappa shape index (κ1) is 19.9. The number of aryl methyl sites for hydroxylation is 1. The van der Waals surface area contributed by atoms with Gasteiger partial charge in [0.25, 0.3) is 0 Å². The van der Waals surface area contributed by atoms with Crippen LogP contribution in [0.4, 0.5) is 8.78 Å². The second-order valence-electron chi connectivity index (χ2n) is 7.42. The normalized spacial score (nSPS) is 12.6. The number of ether oxygens (including phenoxy) is 1. The average Bonchev–Trinajstić information content (AvgIpc) is 2.68. The highest BCUT2D eigenvalue weighted by atomic mass is 19.1. The number of hydrogen-bond donors (Lipinski definition) is 0. The first-order valence-electron chi connectivity index (χ1n) is 10.4. The number of unbranched alkanes of at least 4 members (excludes halogenated alkanes) is 5. The second kappa shape index (κ2) is 9.34. The molecule has 0 spiro atoms. The van der Waals surface area contributed by atoms with Crippen molar-refractivity contribution in [3.05, 3.63) is 52.6 Å². The summed E-state index contributed by atoms with van der Waals surface area (Å²) in [5.41, 5.74) is 3.84. The van der Waals surface area contributed by atoms with Gasteiger partial charge < -0.3 is 4.74 Å². The minimum atomic E-state index is -0.295. The molecule has 0 aliphatic heterocycles. The van der Waals surface area contributed by atoms with E-state index in [1.54, 1.807) is 6.07 Å². The van der Waals surface area contributed by atoms with Crippen LogP contribution in [-0.4, -0.2) is 6.61 Å². The molecular formula is C24H30F2O. The maximum Gasteiger partial charge on any atom is 0.168 e. The minimum absolute atomic E-state index is 0.0824. The van der Waals surface area contributed by atoms with Gasteiger partial charge in [0.1, 0.15) is 5.82 Å². The molecule has 0 saturated heterocycles. The summed E-state index contributed by atoms with van der Waals surface area (Å²) >= 11 is 0. The average molecular weight is 372 g/mol. The summed E-state index contributed by atoms with van der Waals surface area (Å²) in [4.78, 5) is 0. The molecule has 1 aliphatic carbocycles. The van der Waals surface area contributed by atoms with Gasteiger partial charge in [0.05, 0.1) is 6.61 Å². The van der Waals surface area contributed by atoms with Gasteiger partial charge in [-0.3, -0.25) is 0 Å². The first-order chi connectivity index (χ1) is 13.2. The molecule has 2 aromatic carbocycles. The summed E-state index contributed by atoms with van der Waals surface area (Å²) in [5, 5.41) is 0. The quantitative estimate of drug-likeness (QED) is 0.429. The van der Waals surface area contributed by atoms with Gasteiger partial charge in [0, 0.05) is 0 Å². The molecule has 0 radical (unpaired) electrons. The van der Waals surface area contributed by atoms with E-state index < -0.39 is 0 Å². The van der Waals surface area contributed by atoms with Crippen LogP contribution in [0.5, 0.6) is 5.75 Å². The SMILES string of the molecule is CCCCCCCCc1ccc2c(c1F)CCc1c-2ccc(OCC)c1F. The van der Waals surface area contributed by atoms with Crippen molar-refractivity contribution in [2.45, 2.75) is 71.6 Å². The zero-order chi connectivity index (χ0) is 19.2. The lowest BCUT2D eigenvalue weighted by molar-refractivity contribution is 0.320. The monoisotopic (exact) mass is 372 g/mol. The van der Waals surface area contributed by atoms with E-state index in [9.17, 15) is 4.39 Å². The Morgan fingerprint density at radius 3 is 2.11 bits per heavy atom. The van der Waals surface area contributed by atoms with E-state index in [-0.39, 0.29) is 11.6 Å². The van der Waals surface area contributed by atoms with Gasteiger partial charge in [-0.1, -0.05) is 57.2 Å². The van der Waals surface area contributed by atoms with E-state index in [0.717, 1.165) is 41.5 Å². The largest absolute Gasteiger partial charge is 0.491 e. The van der Waals surface area contributed by atoms with E-state index in [1.165, 1.54) is 25.7 Å². The Morgan fingerprint density at radius 2 is 1.41 bits per heavy atom. The van der Waals surface area contributed by atoms with Gasteiger partial charge in [-0.15, -0.1) is 0 Å². The molecule has 27 heavy (non-hydrogen) atoms. The van der Waals surface area contributed by atoms with E-state index in [1.807, 2.05) is 25.1 Å². The van der Waals surface area contributed by atoms with Crippen molar-refractivity contribution in [2.75, 3.05) is 6.61 Å². The van der Waals surface area contributed by atoms with Crippen molar-refractivity contribution in [3.8, 4) is 16.9 Å². The molecule has 3 heteroatoms. The molecule has 0 saturated carbocycles. The zero-order valence-corrected chi connectivity index (χ0v) is 16.5.